The smallest absolute Gasteiger partial charge is 0.408 e. The predicted molar refractivity (Wildman–Crippen MR) is 99.6 cm³/mol. The van der Waals surface area contributed by atoms with Crippen LogP contribution in [-0.4, -0.2) is 34.4 Å². The number of nitrogens with one attached hydrogen (secondary N) is 1. The van der Waals surface area contributed by atoms with Gasteiger partial charge in [0.05, 0.1) is 16.6 Å². The van der Waals surface area contributed by atoms with Crippen LogP contribution in [0.25, 0.3) is 11.1 Å². The monoisotopic (exact) mass is 365 g/mol. The molecule has 3 aromatic rings. The van der Waals surface area contributed by atoms with Crippen LogP contribution < -0.4 is 11.1 Å². The highest BCUT2D eigenvalue weighted by Gasteiger charge is 2.29. The molecule has 1 N–H and O–H groups in total. The van der Waals surface area contributed by atoms with Crippen molar-refractivity contribution in [3.63, 3.8) is 0 Å². The predicted octanol–water partition coefficient (Wildman–Crippen LogP) is 2.00. The van der Waals surface area contributed by atoms with E-state index in [1.165, 1.54) is 4.57 Å². The van der Waals surface area contributed by atoms with Crippen LogP contribution in [0.1, 0.15) is 33.2 Å². The Morgan fingerprint density at radius 3 is 2.78 bits per heavy atom. The summed E-state index contributed by atoms with van der Waals surface area (Å²) in [6.07, 6.45) is 0. The molecular weight excluding hydrogens is 346 g/mol. The zero-order chi connectivity index (χ0) is 19.1. The summed E-state index contributed by atoms with van der Waals surface area (Å²) in [6, 6.07) is 12.1. The molecule has 1 atom stereocenters. The molecule has 0 unspecified atom stereocenters. The average molecular weight is 365 g/mol. The first-order valence-electron chi connectivity index (χ1n) is 8.72. The van der Waals surface area contributed by atoms with Crippen molar-refractivity contribution < 1.29 is 14.0 Å². The van der Waals surface area contributed by atoms with Crippen LogP contribution in [0.5, 0.6) is 0 Å². The number of para-hydroxylation sites is 2. The molecule has 138 valence electrons. The van der Waals surface area contributed by atoms with E-state index in [1.54, 1.807) is 42.3 Å². The van der Waals surface area contributed by atoms with E-state index in [-0.39, 0.29) is 24.4 Å². The summed E-state index contributed by atoms with van der Waals surface area (Å²) >= 11 is 0. The van der Waals surface area contributed by atoms with Crippen LogP contribution in [0.3, 0.4) is 0 Å². The van der Waals surface area contributed by atoms with E-state index >= 15 is 0 Å². The van der Waals surface area contributed by atoms with Gasteiger partial charge in [0.2, 0.25) is 0 Å². The summed E-state index contributed by atoms with van der Waals surface area (Å²) in [5.74, 6) is -0.945. The first-order valence-corrected chi connectivity index (χ1v) is 8.72. The summed E-state index contributed by atoms with van der Waals surface area (Å²) in [4.78, 5) is 38.8. The third-order valence-corrected chi connectivity index (χ3v) is 4.77. The molecule has 0 aliphatic carbocycles. The molecule has 1 aromatic heterocycles. The van der Waals surface area contributed by atoms with Crippen molar-refractivity contribution in [1.29, 1.82) is 0 Å². The number of benzene rings is 2. The molecule has 0 radical (unpaired) electrons. The Bertz CT molecular complexity index is 1110. The number of nitrogens with zero attached hydrogens (tertiary/aromatic N) is 2. The van der Waals surface area contributed by atoms with Crippen LogP contribution in [0.15, 0.2) is 51.7 Å². The Morgan fingerprint density at radius 1 is 1.19 bits per heavy atom. The molecular formula is C20H19N3O4. The molecule has 7 nitrogen and oxygen atoms in total. The number of aromatic nitrogens is 1. The minimum Gasteiger partial charge on any atom is -0.408 e. The van der Waals surface area contributed by atoms with Gasteiger partial charge in [0.15, 0.2) is 5.58 Å². The van der Waals surface area contributed by atoms with E-state index in [4.69, 9.17) is 4.42 Å². The van der Waals surface area contributed by atoms with Gasteiger partial charge in [-0.1, -0.05) is 24.3 Å². The SMILES string of the molecule is C[C@H](Cn1c(=O)oc2ccccc21)NC(=O)c1cccc2c1C(=O)N(C)C2. The second-order valence-electron chi connectivity index (χ2n) is 6.82. The third kappa shape index (κ3) is 2.91. The zero-order valence-electron chi connectivity index (χ0n) is 15.1. The lowest BCUT2D eigenvalue weighted by Crippen LogP contribution is -2.38. The molecule has 0 saturated heterocycles. The maximum atomic E-state index is 12.8. The van der Waals surface area contributed by atoms with E-state index in [0.717, 1.165) is 5.56 Å². The fraction of sp³-hybridized carbons (Fsp3) is 0.250. The molecule has 2 amide bonds. The van der Waals surface area contributed by atoms with Crippen molar-refractivity contribution in [3.8, 4) is 0 Å². The van der Waals surface area contributed by atoms with Gasteiger partial charge >= 0.3 is 5.76 Å². The molecule has 0 spiro atoms. The van der Waals surface area contributed by atoms with Crippen LogP contribution >= 0.6 is 0 Å². The van der Waals surface area contributed by atoms with E-state index < -0.39 is 5.76 Å². The highest BCUT2D eigenvalue weighted by molar-refractivity contribution is 6.09. The van der Waals surface area contributed by atoms with Crippen molar-refractivity contribution in [2.75, 3.05) is 7.05 Å². The van der Waals surface area contributed by atoms with Gasteiger partial charge in [-0.15, -0.1) is 0 Å². The second-order valence-corrected chi connectivity index (χ2v) is 6.82. The Kier molecular flexibility index (Phi) is 4.07. The lowest BCUT2D eigenvalue weighted by atomic mass is 10.0. The van der Waals surface area contributed by atoms with Gasteiger partial charge in [-0.05, 0) is 30.7 Å². The fourth-order valence-electron chi connectivity index (χ4n) is 3.50. The van der Waals surface area contributed by atoms with E-state index in [0.29, 0.717) is 28.8 Å². The van der Waals surface area contributed by atoms with Crippen molar-refractivity contribution in [1.82, 2.24) is 14.8 Å². The Morgan fingerprint density at radius 2 is 1.96 bits per heavy atom. The lowest BCUT2D eigenvalue weighted by molar-refractivity contribution is 0.0808. The number of amides is 2. The molecule has 2 aromatic carbocycles. The number of carbonyl (C=O) groups excluding carboxylic acids is 2. The van der Waals surface area contributed by atoms with Gasteiger partial charge in [-0.2, -0.15) is 0 Å². The molecule has 1 aliphatic rings. The van der Waals surface area contributed by atoms with Gasteiger partial charge in [-0.25, -0.2) is 4.79 Å². The minimum atomic E-state index is -0.463. The highest BCUT2D eigenvalue weighted by atomic mass is 16.4. The number of hydrogen-bond donors (Lipinski definition) is 1. The molecule has 4 rings (SSSR count). The van der Waals surface area contributed by atoms with Crippen molar-refractivity contribution in [3.05, 3.63) is 69.7 Å². The summed E-state index contributed by atoms with van der Waals surface area (Å²) in [5.41, 5.74) is 2.85. The zero-order valence-corrected chi connectivity index (χ0v) is 15.1. The quantitative estimate of drug-likeness (QED) is 0.766. The van der Waals surface area contributed by atoms with Crippen LogP contribution in [0.4, 0.5) is 0 Å². The first-order chi connectivity index (χ1) is 13.0. The van der Waals surface area contributed by atoms with Gasteiger partial charge in [0.25, 0.3) is 11.8 Å². The molecule has 1 aliphatic heterocycles. The Hall–Kier alpha value is -3.35. The number of fused-ring (bicyclic) bond motifs is 2. The number of oxazole rings is 1. The largest absolute Gasteiger partial charge is 0.420 e. The Balaban J connectivity index is 1.56. The molecule has 0 fully saturated rings. The van der Waals surface area contributed by atoms with Crippen molar-refractivity contribution in [2.24, 2.45) is 0 Å². The molecule has 2 heterocycles. The highest BCUT2D eigenvalue weighted by Crippen LogP contribution is 2.25. The number of hydrogen-bond acceptors (Lipinski definition) is 4. The van der Waals surface area contributed by atoms with E-state index in [9.17, 15) is 14.4 Å². The van der Waals surface area contributed by atoms with Crippen molar-refractivity contribution in [2.45, 2.75) is 26.1 Å². The summed E-state index contributed by atoms with van der Waals surface area (Å²) in [7, 11) is 1.71. The third-order valence-electron chi connectivity index (χ3n) is 4.77. The molecule has 0 bridgehead atoms. The summed E-state index contributed by atoms with van der Waals surface area (Å²) in [5, 5.41) is 2.88. The maximum absolute atomic E-state index is 12.8. The van der Waals surface area contributed by atoms with E-state index in [2.05, 4.69) is 5.32 Å². The van der Waals surface area contributed by atoms with Gasteiger partial charge in [0.1, 0.15) is 0 Å². The standard InChI is InChI=1S/C20H19N3O4/c1-12(10-23-15-8-3-4-9-16(15)27-20(23)26)21-18(24)14-7-5-6-13-11-22(2)19(25)17(13)14/h3-9,12H,10-11H2,1-2H3,(H,21,24)/t12-/m1/s1. The summed E-state index contributed by atoms with van der Waals surface area (Å²) < 4.78 is 6.72. The second kappa shape index (κ2) is 6.42. The number of carbonyl (C=O) groups is 2. The number of rotatable bonds is 4. The maximum Gasteiger partial charge on any atom is 0.420 e. The summed E-state index contributed by atoms with van der Waals surface area (Å²) in [6.45, 7) is 2.58. The van der Waals surface area contributed by atoms with Gasteiger partial charge in [0, 0.05) is 26.2 Å². The first kappa shape index (κ1) is 17.1. The van der Waals surface area contributed by atoms with Crippen LogP contribution in [0.2, 0.25) is 0 Å². The van der Waals surface area contributed by atoms with Gasteiger partial charge in [-0.3, -0.25) is 14.2 Å². The fourth-order valence-corrected chi connectivity index (χ4v) is 3.50. The van der Waals surface area contributed by atoms with Crippen LogP contribution in [0, 0.1) is 0 Å². The van der Waals surface area contributed by atoms with Gasteiger partial charge < -0.3 is 14.6 Å². The molecule has 27 heavy (non-hydrogen) atoms. The van der Waals surface area contributed by atoms with Crippen molar-refractivity contribution >= 4 is 22.9 Å². The molecule has 7 heteroatoms. The molecule has 0 saturated carbocycles. The van der Waals surface area contributed by atoms with E-state index in [1.807, 2.05) is 19.1 Å². The average Bonchev–Trinajstić information content (AvgIpc) is 3.11. The minimum absolute atomic E-state index is 0.152. The lowest BCUT2D eigenvalue weighted by Gasteiger charge is -2.15. The van der Waals surface area contributed by atoms with Crippen LogP contribution in [-0.2, 0) is 13.1 Å². The topological polar surface area (TPSA) is 84.5 Å². The Labute approximate surface area is 155 Å². The normalized spacial score (nSPS) is 14.4.